The fourth-order valence-electron chi connectivity index (χ4n) is 3.88. The van der Waals surface area contributed by atoms with E-state index in [4.69, 9.17) is 9.47 Å². The summed E-state index contributed by atoms with van der Waals surface area (Å²) >= 11 is 0. The quantitative estimate of drug-likeness (QED) is 0.287. The van der Waals surface area contributed by atoms with Crippen molar-refractivity contribution in [1.82, 2.24) is 9.80 Å². The third kappa shape index (κ3) is 7.90. The van der Waals surface area contributed by atoms with E-state index in [1.54, 1.807) is 13.4 Å². The van der Waals surface area contributed by atoms with Crippen molar-refractivity contribution >= 4 is 11.8 Å². The lowest BCUT2D eigenvalue weighted by Crippen LogP contribution is -2.50. The van der Waals surface area contributed by atoms with Crippen LogP contribution in [0.2, 0.25) is 0 Å². The summed E-state index contributed by atoms with van der Waals surface area (Å²) in [6.45, 7) is 10.9. The summed E-state index contributed by atoms with van der Waals surface area (Å²) in [7, 11) is 1.64. The maximum atomic E-state index is 12.9. The van der Waals surface area contributed by atoms with Gasteiger partial charge in [0.2, 0.25) is 5.91 Å². The van der Waals surface area contributed by atoms with Crippen molar-refractivity contribution in [2.45, 2.75) is 46.5 Å². The average Bonchev–Trinajstić information content (AvgIpc) is 2.84. The van der Waals surface area contributed by atoms with Gasteiger partial charge in [-0.2, -0.15) is 0 Å². The van der Waals surface area contributed by atoms with Gasteiger partial charge in [-0.05, 0) is 62.5 Å². The molecule has 33 heavy (non-hydrogen) atoms. The molecule has 0 aliphatic carbocycles. The molecule has 2 amide bonds. The monoisotopic (exact) mass is 454 g/mol. The zero-order valence-electron chi connectivity index (χ0n) is 20.7. The van der Waals surface area contributed by atoms with Crippen LogP contribution >= 0.6 is 0 Å². The van der Waals surface area contributed by atoms with Crippen LogP contribution in [0.25, 0.3) is 0 Å². The molecule has 1 atom stereocenters. The lowest BCUT2D eigenvalue weighted by atomic mass is 9.97. The van der Waals surface area contributed by atoms with Crippen molar-refractivity contribution in [3.63, 3.8) is 0 Å². The Morgan fingerprint density at radius 2 is 1.70 bits per heavy atom. The summed E-state index contributed by atoms with van der Waals surface area (Å²) in [6.07, 6.45) is 8.87. The molecule has 1 aliphatic heterocycles. The molecule has 1 saturated heterocycles. The van der Waals surface area contributed by atoms with Gasteiger partial charge in [-0.1, -0.05) is 31.2 Å². The fourth-order valence-corrected chi connectivity index (χ4v) is 3.88. The van der Waals surface area contributed by atoms with Gasteiger partial charge in [-0.25, -0.2) is 0 Å². The molecule has 1 unspecified atom stereocenters. The molecule has 1 heterocycles. The van der Waals surface area contributed by atoms with Crippen LogP contribution in [-0.2, 0) is 14.3 Å². The van der Waals surface area contributed by atoms with Crippen LogP contribution < -0.4 is 0 Å². The summed E-state index contributed by atoms with van der Waals surface area (Å²) < 4.78 is 10.6. The molecule has 0 bridgehead atoms. The lowest BCUT2D eigenvalue weighted by Gasteiger charge is -2.35. The van der Waals surface area contributed by atoms with E-state index in [0.717, 1.165) is 23.3 Å². The highest BCUT2D eigenvalue weighted by Gasteiger charge is 2.24. The molecule has 0 aromatic heterocycles. The van der Waals surface area contributed by atoms with Crippen molar-refractivity contribution in [3.8, 4) is 0 Å². The number of benzene rings is 1. The SMILES string of the molecule is C/C=C/OC(=C/C)/C(C)=C\C(C)c1ccc(C(=O)N2CCN(C(=O)CCCOC)CC2)cc1. The number of ether oxygens (including phenoxy) is 2. The van der Waals surface area contributed by atoms with Crippen LogP contribution in [0.4, 0.5) is 0 Å². The van der Waals surface area contributed by atoms with E-state index in [1.165, 1.54) is 0 Å². The summed E-state index contributed by atoms with van der Waals surface area (Å²) in [6, 6.07) is 7.82. The Morgan fingerprint density at radius 1 is 1.06 bits per heavy atom. The first-order valence-electron chi connectivity index (χ1n) is 11.7. The molecule has 1 aromatic carbocycles. The predicted molar refractivity (Wildman–Crippen MR) is 132 cm³/mol. The van der Waals surface area contributed by atoms with Gasteiger partial charge in [-0.15, -0.1) is 0 Å². The minimum absolute atomic E-state index is 0.0170. The molecule has 6 nitrogen and oxygen atoms in total. The summed E-state index contributed by atoms with van der Waals surface area (Å²) in [4.78, 5) is 28.9. The van der Waals surface area contributed by atoms with Crippen LogP contribution in [0.5, 0.6) is 0 Å². The smallest absolute Gasteiger partial charge is 0.253 e. The molecule has 180 valence electrons. The van der Waals surface area contributed by atoms with Crippen LogP contribution in [-0.4, -0.2) is 61.5 Å². The molecular weight excluding hydrogens is 416 g/mol. The third-order valence-corrected chi connectivity index (χ3v) is 5.82. The van der Waals surface area contributed by atoms with Gasteiger partial charge in [0.25, 0.3) is 5.91 Å². The number of allylic oxidation sites excluding steroid dienone is 4. The van der Waals surface area contributed by atoms with E-state index in [-0.39, 0.29) is 17.7 Å². The van der Waals surface area contributed by atoms with Gasteiger partial charge in [0.05, 0.1) is 6.26 Å². The highest BCUT2D eigenvalue weighted by Crippen LogP contribution is 2.23. The van der Waals surface area contributed by atoms with E-state index >= 15 is 0 Å². The Labute approximate surface area is 198 Å². The van der Waals surface area contributed by atoms with E-state index in [1.807, 2.05) is 67.0 Å². The number of nitrogens with zero attached hydrogens (tertiary/aromatic N) is 2. The van der Waals surface area contributed by atoms with Crippen LogP contribution in [0.3, 0.4) is 0 Å². The Kier molecular flexibility index (Phi) is 10.9. The number of hydrogen-bond acceptors (Lipinski definition) is 4. The predicted octanol–water partition coefficient (Wildman–Crippen LogP) is 4.90. The number of rotatable bonds is 10. The Hall–Kier alpha value is -2.86. The Morgan fingerprint density at radius 3 is 2.27 bits per heavy atom. The first-order chi connectivity index (χ1) is 15.9. The molecule has 2 rings (SSSR count). The number of methoxy groups -OCH3 is 1. The number of piperazine rings is 1. The van der Waals surface area contributed by atoms with Crippen LogP contribution in [0, 0.1) is 0 Å². The first-order valence-corrected chi connectivity index (χ1v) is 11.7. The zero-order valence-corrected chi connectivity index (χ0v) is 20.7. The van der Waals surface area contributed by atoms with E-state index in [9.17, 15) is 9.59 Å². The molecule has 0 radical (unpaired) electrons. The van der Waals surface area contributed by atoms with E-state index in [2.05, 4.69) is 13.0 Å². The van der Waals surface area contributed by atoms with Gasteiger partial charge < -0.3 is 19.3 Å². The number of carbonyl (C=O) groups excluding carboxylic acids is 2. The standard InChI is InChI=1S/C27H38N2O4/c1-6-18-33-25(7-2)22(4)20-21(3)23-10-12-24(13-11-23)27(31)29-16-14-28(15-17-29)26(30)9-8-19-32-5/h6-7,10-13,18,20-21H,8-9,14-17,19H2,1-5H3/b18-6+,22-20-,25-7+. The van der Waals surface area contributed by atoms with Gasteiger partial charge in [0.15, 0.2) is 0 Å². The Balaban J connectivity index is 1.93. The molecule has 1 aromatic rings. The van der Waals surface area contributed by atoms with Crippen molar-refractivity contribution < 1.29 is 19.1 Å². The summed E-state index contributed by atoms with van der Waals surface area (Å²) in [5, 5.41) is 0. The number of hydrogen-bond donors (Lipinski definition) is 0. The van der Waals surface area contributed by atoms with E-state index < -0.39 is 0 Å². The highest BCUT2D eigenvalue weighted by molar-refractivity contribution is 5.94. The molecule has 0 saturated carbocycles. The highest BCUT2D eigenvalue weighted by atomic mass is 16.5. The lowest BCUT2D eigenvalue weighted by molar-refractivity contribution is -0.133. The van der Waals surface area contributed by atoms with Crippen molar-refractivity contribution in [2.24, 2.45) is 0 Å². The topological polar surface area (TPSA) is 59.1 Å². The second-order valence-corrected chi connectivity index (χ2v) is 8.27. The van der Waals surface area contributed by atoms with E-state index in [0.29, 0.717) is 44.8 Å². The third-order valence-electron chi connectivity index (χ3n) is 5.82. The molecular formula is C27H38N2O4. The normalized spacial score (nSPS) is 16.3. The van der Waals surface area contributed by atoms with Gasteiger partial charge >= 0.3 is 0 Å². The zero-order chi connectivity index (χ0) is 24.2. The maximum Gasteiger partial charge on any atom is 0.253 e. The minimum atomic E-state index is 0.0170. The van der Waals surface area contributed by atoms with Crippen LogP contribution in [0.15, 0.2) is 60.1 Å². The fraction of sp³-hybridized carbons (Fsp3) is 0.481. The maximum absolute atomic E-state index is 12.9. The van der Waals surface area contributed by atoms with Crippen LogP contribution in [0.1, 0.15) is 62.4 Å². The average molecular weight is 455 g/mol. The molecule has 1 aliphatic rings. The van der Waals surface area contributed by atoms with Crippen molar-refractivity contribution in [2.75, 3.05) is 39.9 Å². The van der Waals surface area contributed by atoms with Gasteiger partial charge in [-0.3, -0.25) is 9.59 Å². The largest absolute Gasteiger partial charge is 0.465 e. The van der Waals surface area contributed by atoms with Crippen molar-refractivity contribution in [1.29, 1.82) is 0 Å². The number of carbonyl (C=O) groups is 2. The summed E-state index contributed by atoms with van der Waals surface area (Å²) in [5.74, 6) is 1.18. The molecule has 6 heteroatoms. The Bertz CT molecular complexity index is 863. The number of amides is 2. The van der Waals surface area contributed by atoms with Gasteiger partial charge in [0.1, 0.15) is 5.76 Å². The van der Waals surface area contributed by atoms with Crippen molar-refractivity contribution in [3.05, 3.63) is 71.2 Å². The summed E-state index contributed by atoms with van der Waals surface area (Å²) in [5.41, 5.74) is 2.88. The minimum Gasteiger partial charge on any atom is -0.465 e. The first kappa shape index (κ1) is 26.4. The second-order valence-electron chi connectivity index (χ2n) is 8.27. The molecule has 0 N–H and O–H groups in total. The molecule has 1 fully saturated rings. The van der Waals surface area contributed by atoms with Gasteiger partial charge in [0, 0.05) is 51.9 Å². The second kappa shape index (κ2) is 13.6. The molecule has 0 spiro atoms.